The third-order valence-electron chi connectivity index (χ3n) is 3.76. The number of aryl methyl sites for hydroxylation is 1. The van der Waals surface area contributed by atoms with Crippen molar-refractivity contribution in [2.24, 2.45) is 0 Å². The number of hydrogen-bond acceptors (Lipinski definition) is 6. The van der Waals surface area contributed by atoms with E-state index in [2.05, 4.69) is 15.5 Å². The van der Waals surface area contributed by atoms with E-state index in [1.807, 2.05) is 48.7 Å². The van der Waals surface area contributed by atoms with Crippen LogP contribution in [0.15, 0.2) is 46.3 Å². The number of nitrogens with zero attached hydrogens (tertiary/aromatic N) is 2. The van der Waals surface area contributed by atoms with Crippen molar-refractivity contribution >= 4 is 17.2 Å². The van der Waals surface area contributed by atoms with Crippen LogP contribution < -0.4 is 10.1 Å². The zero-order chi connectivity index (χ0) is 17.6. The van der Waals surface area contributed by atoms with Gasteiger partial charge in [-0.3, -0.25) is 4.79 Å². The Bertz CT molecular complexity index is 830. The standard InChI is InChI=1S/C18H19N3O3S/c1-12(13-6-3-4-7-14(13)23-2)19-16(22)9-10-17-20-18(21-24-17)15-8-5-11-25-15/h3-8,11-12H,9-10H2,1-2H3,(H,19,22). The van der Waals surface area contributed by atoms with E-state index in [9.17, 15) is 4.79 Å². The van der Waals surface area contributed by atoms with Crippen molar-refractivity contribution in [1.82, 2.24) is 15.5 Å². The first-order valence-electron chi connectivity index (χ1n) is 7.96. The van der Waals surface area contributed by atoms with E-state index in [4.69, 9.17) is 9.26 Å². The molecule has 1 atom stereocenters. The van der Waals surface area contributed by atoms with Crippen LogP contribution in [0.25, 0.3) is 10.7 Å². The van der Waals surface area contributed by atoms with Crippen molar-refractivity contribution < 1.29 is 14.1 Å². The molecule has 0 spiro atoms. The minimum absolute atomic E-state index is 0.0747. The maximum Gasteiger partial charge on any atom is 0.227 e. The number of ether oxygens (including phenoxy) is 1. The Morgan fingerprint density at radius 1 is 1.32 bits per heavy atom. The summed E-state index contributed by atoms with van der Waals surface area (Å²) >= 11 is 1.55. The summed E-state index contributed by atoms with van der Waals surface area (Å²) in [7, 11) is 1.62. The fourth-order valence-corrected chi connectivity index (χ4v) is 3.15. The van der Waals surface area contributed by atoms with Gasteiger partial charge in [0.25, 0.3) is 0 Å². The second-order valence-electron chi connectivity index (χ2n) is 5.52. The van der Waals surface area contributed by atoms with Crippen LogP contribution in [0.3, 0.4) is 0 Å². The van der Waals surface area contributed by atoms with Gasteiger partial charge in [-0.2, -0.15) is 4.98 Å². The summed E-state index contributed by atoms with van der Waals surface area (Å²) in [5, 5.41) is 8.87. The maximum atomic E-state index is 12.2. The van der Waals surface area contributed by atoms with Gasteiger partial charge >= 0.3 is 0 Å². The Hall–Kier alpha value is -2.67. The first-order valence-corrected chi connectivity index (χ1v) is 8.84. The summed E-state index contributed by atoms with van der Waals surface area (Å²) in [6.45, 7) is 1.93. The molecule has 130 valence electrons. The minimum atomic E-state index is -0.145. The van der Waals surface area contributed by atoms with Gasteiger partial charge in [0.2, 0.25) is 17.6 Å². The van der Waals surface area contributed by atoms with Gasteiger partial charge in [-0.1, -0.05) is 29.4 Å². The Morgan fingerprint density at radius 2 is 2.16 bits per heavy atom. The van der Waals surface area contributed by atoms with Crippen molar-refractivity contribution in [1.29, 1.82) is 0 Å². The number of rotatable bonds is 7. The van der Waals surface area contributed by atoms with E-state index in [-0.39, 0.29) is 18.4 Å². The SMILES string of the molecule is COc1ccccc1C(C)NC(=O)CCc1nc(-c2cccs2)no1. The van der Waals surface area contributed by atoms with Crippen molar-refractivity contribution in [3.8, 4) is 16.5 Å². The Balaban J connectivity index is 1.54. The molecule has 1 unspecified atom stereocenters. The highest BCUT2D eigenvalue weighted by atomic mass is 32.1. The van der Waals surface area contributed by atoms with Gasteiger partial charge in [0.05, 0.1) is 18.0 Å². The van der Waals surface area contributed by atoms with Crippen LogP contribution in [0.2, 0.25) is 0 Å². The average Bonchev–Trinajstić information content (AvgIpc) is 3.31. The second kappa shape index (κ2) is 7.94. The molecule has 0 saturated heterocycles. The van der Waals surface area contributed by atoms with Gasteiger partial charge in [-0.25, -0.2) is 0 Å². The van der Waals surface area contributed by atoms with Gasteiger partial charge in [0, 0.05) is 18.4 Å². The van der Waals surface area contributed by atoms with E-state index in [0.29, 0.717) is 18.1 Å². The summed E-state index contributed by atoms with van der Waals surface area (Å²) in [5.41, 5.74) is 0.941. The van der Waals surface area contributed by atoms with Crippen molar-refractivity contribution in [2.75, 3.05) is 7.11 Å². The fraction of sp³-hybridized carbons (Fsp3) is 0.278. The number of para-hydroxylation sites is 1. The molecule has 0 fully saturated rings. The molecular formula is C18H19N3O3S. The summed E-state index contributed by atoms with van der Waals surface area (Å²) < 4.78 is 10.5. The molecule has 2 aromatic heterocycles. The predicted octanol–water partition coefficient (Wildman–Crippen LogP) is 3.62. The van der Waals surface area contributed by atoms with Crippen LogP contribution in [0.1, 0.15) is 30.8 Å². The van der Waals surface area contributed by atoms with E-state index >= 15 is 0 Å². The number of benzene rings is 1. The topological polar surface area (TPSA) is 77.2 Å². The molecule has 1 aromatic carbocycles. The highest BCUT2D eigenvalue weighted by Crippen LogP contribution is 2.24. The third-order valence-corrected chi connectivity index (χ3v) is 4.62. The van der Waals surface area contributed by atoms with Crippen LogP contribution in [0.5, 0.6) is 5.75 Å². The van der Waals surface area contributed by atoms with Crippen molar-refractivity contribution in [2.45, 2.75) is 25.8 Å². The molecule has 7 heteroatoms. The summed E-state index contributed by atoms with van der Waals surface area (Å²) in [6.07, 6.45) is 0.689. The van der Waals surface area contributed by atoms with E-state index in [1.54, 1.807) is 18.4 Å². The Kier molecular flexibility index (Phi) is 5.45. The van der Waals surface area contributed by atoms with E-state index in [1.165, 1.54) is 0 Å². The Labute approximate surface area is 149 Å². The largest absolute Gasteiger partial charge is 0.496 e. The molecule has 25 heavy (non-hydrogen) atoms. The van der Waals surface area contributed by atoms with Gasteiger partial charge in [0.1, 0.15) is 5.75 Å². The lowest BCUT2D eigenvalue weighted by Crippen LogP contribution is -2.27. The highest BCUT2D eigenvalue weighted by Gasteiger charge is 2.15. The normalized spacial score (nSPS) is 11.9. The fourth-order valence-electron chi connectivity index (χ4n) is 2.50. The lowest BCUT2D eigenvalue weighted by molar-refractivity contribution is -0.121. The lowest BCUT2D eigenvalue weighted by Gasteiger charge is -2.17. The molecule has 0 aliphatic heterocycles. The number of methoxy groups -OCH3 is 1. The third kappa shape index (κ3) is 4.24. The number of carbonyl (C=O) groups is 1. The van der Waals surface area contributed by atoms with Crippen LogP contribution in [-0.2, 0) is 11.2 Å². The molecule has 0 bridgehead atoms. The number of aromatic nitrogens is 2. The second-order valence-corrected chi connectivity index (χ2v) is 6.47. The van der Waals surface area contributed by atoms with E-state index in [0.717, 1.165) is 16.2 Å². The minimum Gasteiger partial charge on any atom is -0.496 e. The lowest BCUT2D eigenvalue weighted by atomic mass is 10.1. The number of carbonyl (C=O) groups excluding carboxylic acids is 1. The smallest absolute Gasteiger partial charge is 0.227 e. The van der Waals surface area contributed by atoms with Gasteiger partial charge < -0.3 is 14.6 Å². The molecule has 0 aliphatic carbocycles. The predicted molar refractivity (Wildman–Crippen MR) is 95.5 cm³/mol. The van der Waals surface area contributed by atoms with Crippen molar-refractivity contribution in [3.63, 3.8) is 0 Å². The zero-order valence-electron chi connectivity index (χ0n) is 14.1. The van der Waals surface area contributed by atoms with Gasteiger partial charge in [-0.15, -0.1) is 11.3 Å². The molecule has 3 rings (SSSR count). The maximum absolute atomic E-state index is 12.2. The van der Waals surface area contributed by atoms with Gasteiger partial charge in [-0.05, 0) is 24.4 Å². The Morgan fingerprint density at radius 3 is 2.92 bits per heavy atom. The average molecular weight is 357 g/mol. The summed E-state index contributed by atoms with van der Waals surface area (Å²) in [6, 6.07) is 11.4. The monoisotopic (exact) mass is 357 g/mol. The highest BCUT2D eigenvalue weighted by molar-refractivity contribution is 7.13. The molecule has 0 saturated carbocycles. The first-order chi connectivity index (χ1) is 12.2. The molecular weight excluding hydrogens is 338 g/mol. The molecule has 6 nitrogen and oxygen atoms in total. The van der Waals surface area contributed by atoms with Crippen LogP contribution in [0.4, 0.5) is 0 Å². The molecule has 1 N–H and O–H groups in total. The van der Waals surface area contributed by atoms with Crippen LogP contribution in [0, 0.1) is 0 Å². The first kappa shape index (κ1) is 17.2. The molecule has 2 heterocycles. The molecule has 0 radical (unpaired) electrons. The van der Waals surface area contributed by atoms with Gasteiger partial charge in [0.15, 0.2) is 0 Å². The number of amides is 1. The summed E-state index contributed by atoms with van der Waals surface area (Å²) in [4.78, 5) is 17.5. The van der Waals surface area contributed by atoms with Crippen LogP contribution >= 0.6 is 11.3 Å². The number of thiophene rings is 1. The van der Waals surface area contributed by atoms with Crippen LogP contribution in [-0.4, -0.2) is 23.2 Å². The quantitative estimate of drug-likeness (QED) is 0.699. The molecule has 1 amide bonds. The summed E-state index contributed by atoms with van der Waals surface area (Å²) in [5.74, 6) is 1.71. The number of hydrogen-bond donors (Lipinski definition) is 1. The van der Waals surface area contributed by atoms with E-state index < -0.39 is 0 Å². The zero-order valence-corrected chi connectivity index (χ0v) is 14.9. The number of nitrogens with one attached hydrogen (secondary N) is 1. The molecule has 3 aromatic rings. The van der Waals surface area contributed by atoms with Crippen molar-refractivity contribution in [3.05, 3.63) is 53.2 Å². The molecule has 0 aliphatic rings.